The van der Waals surface area contributed by atoms with Gasteiger partial charge in [0.05, 0.1) is 12.6 Å². The van der Waals surface area contributed by atoms with Crippen LogP contribution in [0.15, 0.2) is 53.5 Å². The number of aliphatic imine (C=N–C) groups is 1. The maximum atomic E-state index is 11.9. The summed E-state index contributed by atoms with van der Waals surface area (Å²) in [5.41, 5.74) is 2.79. The molecule has 1 amide bonds. The first-order valence-corrected chi connectivity index (χ1v) is 10.3. The van der Waals surface area contributed by atoms with Crippen LogP contribution in [-0.2, 0) is 11.3 Å². The van der Waals surface area contributed by atoms with Crippen molar-refractivity contribution in [3.63, 3.8) is 0 Å². The van der Waals surface area contributed by atoms with Crippen LogP contribution in [0.3, 0.4) is 0 Å². The van der Waals surface area contributed by atoms with Crippen LogP contribution in [0, 0.1) is 0 Å². The predicted molar refractivity (Wildman–Crippen MR) is 133 cm³/mol. The number of anilines is 1. The van der Waals surface area contributed by atoms with Gasteiger partial charge in [-0.2, -0.15) is 0 Å². The summed E-state index contributed by atoms with van der Waals surface area (Å²) in [4.78, 5) is 18.3. The van der Waals surface area contributed by atoms with E-state index in [1.807, 2.05) is 48.2 Å². The van der Waals surface area contributed by atoms with Crippen molar-refractivity contribution in [2.45, 2.75) is 32.4 Å². The van der Waals surface area contributed by atoms with E-state index in [4.69, 9.17) is 11.6 Å². The number of aliphatic hydroxyl groups excluding tert-OH is 1. The quantitative estimate of drug-likeness (QED) is 0.282. The van der Waals surface area contributed by atoms with Gasteiger partial charge in [0.25, 0.3) is 0 Å². The van der Waals surface area contributed by atoms with Crippen LogP contribution in [0.1, 0.15) is 37.0 Å². The Morgan fingerprint density at radius 3 is 2.47 bits per heavy atom. The van der Waals surface area contributed by atoms with Gasteiger partial charge in [0.15, 0.2) is 5.96 Å². The van der Waals surface area contributed by atoms with E-state index >= 15 is 0 Å². The van der Waals surface area contributed by atoms with Gasteiger partial charge < -0.3 is 20.6 Å². The zero-order valence-electron chi connectivity index (χ0n) is 17.0. The number of amides is 1. The number of carbonyl (C=O) groups is 1. The molecule has 1 unspecified atom stereocenters. The van der Waals surface area contributed by atoms with E-state index in [2.05, 4.69) is 15.6 Å². The van der Waals surface area contributed by atoms with Gasteiger partial charge in [-0.25, -0.2) is 4.99 Å². The van der Waals surface area contributed by atoms with Crippen LogP contribution in [-0.4, -0.2) is 36.6 Å². The van der Waals surface area contributed by atoms with Gasteiger partial charge in [0.1, 0.15) is 0 Å². The largest absolute Gasteiger partial charge is 0.387 e. The highest BCUT2D eigenvalue weighted by atomic mass is 127. The molecule has 0 bridgehead atoms. The number of benzene rings is 2. The molecule has 8 heteroatoms. The summed E-state index contributed by atoms with van der Waals surface area (Å²) in [5, 5.41) is 17.3. The molecule has 2 aromatic carbocycles. The molecule has 0 aromatic heterocycles. The van der Waals surface area contributed by atoms with Gasteiger partial charge in [-0.05, 0) is 48.7 Å². The number of nitrogens with one attached hydrogen (secondary N) is 2. The number of carbonyl (C=O) groups excluding carboxylic acids is 1. The molecule has 2 aromatic rings. The summed E-state index contributed by atoms with van der Waals surface area (Å²) in [6.07, 6.45) is 0.893. The minimum Gasteiger partial charge on any atom is -0.387 e. The normalized spacial score (nSPS) is 15.0. The van der Waals surface area contributed by atoms with Crippen LogP contribution >= 0.6 is 35.6 Å². The monoisotopic (exact) mass is 542 g/mol. The first-order chi connectivity index (χ1) is 14.1. The summed E-state index contributed by atoms with van der Waals surface area (Å²) < 4.78 is 0. The lowest BCUT2D eigenvalue weighted by Crippen LogP contribution is -2.39. The molecular weight excluding hydrogens is 515 g/mol. The fourth-order valence-corrected chi connectivity index (χ4v) is 3.34. The second-order valence-electron chi connectivity index (χ2n) is 6.96. The van der Waals surface area contributed by atoms with E-state index in [1.165, 1.54) is 0 Å². The zero-order valence-corrected chi connectivity index (χ0v) is 20.1. The van der Waals surface area contributed by atoms with E-state index < -0.39 is 6.10 Å². The van der Waals surface area contributed by atoms with Gasteiger partial charge in [0.2, 0.25) is 5.91 Å². The first-order valence-electron chi connectivity index (χ1n) is 9.92. The Morgan fingerprint density at radius 1 is 1.17 bits per heavy atom. The number of hydrogen-bond acceptors (Lipinski definition) is 3. The molecule has 6 nitrogen and oxygen atoms in total. The van der Waals surface area contributed by atoms with Gasteiger partial charge in [-0.15, -0.1) is 24.0 Å². The molecule has 1 heterocycles. The summed E-state index contributed by atoms with van der Waals surface area (Å²) >= 11 is 5.89. The summed E-state index contributed by atoms with van der Waals surface area (Å²) in [6.45, 7) is 4.35. The fraction of sp³-hybridized carbons (Fsp3) is 0.364. The summed E-state index contributed by atoms with van der Waals surface area (Å²) in [7, 11) is 0. The molecule has 0 radical (unpaired) electrons. The minimum atomic E-state index is -0.659. The number of hydrogen-bond donors (Lipinski definition) is 3. The van der Waals surface area contributed by atoms with Crippen molar-refractivity contribution in [3.8, 4) is 0 Å². The Bertz CT molecular complexity index is 843. The van der Waals surface area contributed by atoms with Crippen molar-refractivity contribution in [3.05, 3.63) is 64.7 Å². The van der Waals surface area contributed by atoms with Crippen molar-refractivity contribution in [1.29, 1.82) is 0 Å². The van der Waals surface area contributed by atoms with Crippen LogP contribution < -0.4 is 15.5 Å². The van der Waals surface area contributed by atoms with Crippen LogP contribution in [0.2, 0.25) is 5.02 Å². The van der Waals surface area contributed by atoms with E-state index in [0.29, 0.717) is 30.5 Å². The van der Waals surface area contributed by atoms with Crippen molar-refractivity contribution in [2.24, 2.45) is 4.99 Å². The van der Waals surface area contributed by atoms with Crippen LogP contribution in [0.25, 0.3) is 0 Å². The Balaban J connectivity index is 0.00000320. The molecule has 1 saturated heterocycles. The first kappa shape index (κ1) is 24.4. The molecule has 0 aliphatic carbocycles. The molecule has 1 fully saturated rings. The molecule has 162 valence electrons. The predicted octanol–water partition coefficient (Wildman–Crippen LogP) is 3.87. The molecule has 3 N–H and O–H groups in total. The van der Waals surface area contributed by atoms with Crippen molar-refractivity contribution in [1.82, 2.24) is 10.6 Å². The standard InChI is InChI=1S/C22H27ClN4O2.HI/c1-2-24-22(26-15-20(28)17-7-9-18(23)10-8-17)25-14-16-5-11-19(12-6-16)27-13-3-4-21(27)29;/h5-12,20,28H,2-4,13-15H2,1H3,(H2,24,25,26);1H. The summed E-state index contributed by atoms with van der Waals surface area (Å²) in [5.74, 6) is 0.827. The molecule has 3 rings (SSSR count). The molecule has 1 aliphatic rings. The highest BCUT2D eigenvalue weighted by Crippen LogP contribution is 2.21. The maximum Gasteiger partial charge on any atom is 0.227 e. The van der Waals surface area contributed by atoms with E-state index in [0.717, 1.165) is 36.3 Å². The number of aliphatic hydroxyl groups is 1. The lowest BCUT2D eigenvalue weighted by molar-refractivity contribution is -0.117. The molecule has 0 saturated carbocycles. The third kappa shape index (κ3) is 6.85. The second-order valence-corrected chi connectivity index (χ2v) is 7.40. The second kappa shape index (κ2) is 12.1. The van der Waals surface area contributed by atoms with Crippen molar-refractivity contribution in [2.75, 3.05) is 24.5 Å². The van der Waals surface area contributed by atoms with Crippen molar-refractivity contribution < 1.29 is 9.90 Å². The molecule has 1 aliphatic heterocycles. The molecule has 1 atom stereocenters. The molecule has 30 heavy (non-hydrogen) atoms. The number of nitrogens with zero attached hydrogens (tertiary/aromatic N) is 2. The number of guanidine groups is 1. The van der Waals surface area contributed by atoms with Gasteiger partial charge in [-0.1, -0.05) is 35.9 Å². The maximum absolute atomic E-state index is 11.9. The zero-order chi connectivity index (χ0) is 20.6. The third-order valence-corrected chi connectivity index (χ3v) is 5.06. The highest BCUT2D eigenvalue weighted by molar-refractivity contribution is 14.0. The van der Waals surface area contributed by atoms with Gasteiger partial charge in [-0.3, -0.25) is 4.79 Å². The minimum absolute atomic E-state index is 0. The average Bonchev–Trinajstić information content (AvgIpc) is 3.16. The van der Waals surface area contributed by atoms with E-state index in [-0.39, 0.29) is 29.9 Å². The lowest BCUT2D eigenvalue weighted by Gasteiger charge is -2.16. The smallest absolute Gasteiger partial charge is 0.227 e. The lowest BCUT2D eigenvalue weighted by atomic mass is 10.1. The van der Waals surface area contributed by atoms with E-state index in [1.54, 1.807) is 12.1 Å². The summed E-state index contributed by atoms with van der Waals surface area (Å²) in [6, 6.07) is 15.1. The van der Waals surface area contributed by atoms with Crippen LogP contribution in [0.5, 0.6) is 0 Å². The van der Waals surface area contributed by atoms with Crippen molar-refractivity contribution >= 4 is 53.1 Å². The number of rotatable bonds is 7. The molecular formula is C22H28ClIN4O2. The Hall–Kier alpha value is -1.84. The Labute approximate surface area is 199 Å². The third-order valence-electron chi connectivity index (χ3n) is 4.80. The average molecular weight is 543 g/mol. The van der Waals surface area contributed by atoms with Gasteiger partial charge in [0, 0.05) is 36.8 Å². The molecule has 0 spiro atoms. The Morgan fingerprint density at radius 2 is 1.87 bits per heavy atom. The number of halogens is 2. The SMILES string of the molecule is CCNC(=NCc1ccc(N2CCCC2=O)cc1)NCC(O)c1ccc(Cl)cc1.I. The van der Waals surface area contributed by atoms with Gasteiger partial charge >= 0.3 is 0 Å². The Kier molecular flexibility index (Phi) is 9.87. The van der Waals surface area contributed by atoms with E-state index in [9.17, 15) is 9.90 Å². The highest BCUT2D eigenvalue weighted by Gasteiger charge is 2.21. The fourth-order valence-electron chi connectivity index (χ4n) is 3.21. The van der Waals surface area contributed by atoms with Crippen LogP contribution in [0.4, 0.5) is 5.69 Å². The topological polar surface area (TPSA) is 77.0 Å².